The van der Waals surface area contributed by atoms with Gasteiger partial charge in [0.05, 0.1) is 20.3 Å². The Bertz CT molecular complexity index is 347. The van der Waals surface area contributed by atoms with Gasteiger partial charge in [-0.25, -0.2) is 0 Å². The Morgan fingerprint density at radius 1 is 1.22 bits per heavy atom. The number of methoxy groups -OCH3 is 1. The van der Waals surface area contributed by atoms with Crippen molar-refractivity contribution < 1.29 is 14.2 Å². The monoisotopic (exact) mass is 251 g/mol. The highest BCUT2D eigenvalue weighted by Crippen LogP contribution is 2.19. The quantitative estimate of drug-likeness (QED) is 0.803. The van der Waals surface area contributed by atoms with Crippen molar-refractivity contribution in [2.75, 3.05) is 38.8 Å². The smallest absolute Gasteiger partial charge is 0.159 e. The average Bonchev–Trinajstić information content (AvgIpc) is 2.46. The van der Waals surface area contributed by atoms with Gasteiger partial charge in [-0.3, -0.25) is 0 Å². The highest BCUT2D eigenvalue weighted by Gasteiger charge is 2.14. The molecule has 0 amide bonds. The molecule has 100 valence electrons. The van der Waals surface area contributed by atoms with Gasteiger partial charge in [0.1, 0.15) is 5.75 Å². The molecular weight excluding hydrogens is 230 g/mol. The molecule has 1 aliphatic heterocycles. The van der Waals surface area contributed by atoms with Gasteiger partial charge < -0.3 is 19.1 Å². The third-order valence-electron chi connectivity index (χ3n) is 3.11. The summed E-state index contributed by atoms with van der Waals surface area (Å²) in [5.41, 5.74) is 1.17. The molecule has 18 heavy (non-hydrogen) atoms. The van der Waals surface area contributed by atoms with Gasteiger partial charge in [-0.05, 0) is 30.7 Å². The molecule has 1 heterocycles. The molecule has 1 saturated heterocycles. The van der Waals surface area contributed by atoms with Crippen LogP contribution in [-0.2, 0) is 9.47 Å². The molecule has 0 N–H and O–H groups in total. The minimum atomic E-state index is -0.0422. The van der Waals surface area contributed by atoms with Gasteiger partial charge in [-0.15, -0.1) is 0 Å². The Morgan fingerprint density at radius 3 is 2.50 bits per heavy atom. The second-order valence-electron chi connectivity index (χ2n) is 4.43. The Labute approximate surface area is 108 Å². The molecule has 1 aromatic rings. The van der Waals surface area contributed by atoms with Gasteiger partial charge in [-0.1, -0.05) is 0 Å². The summed E-state index contributed by atoms with van der Waals surface area (Å²) in [6.07, 6.45) is 1.85. The number of benzene rings is 1. The first-order chi connectivity index (χ1) is 8.79. The molecule has 1 fully saturated rings. The highest BCUT2D eigenvalue weighted by atomic mass is 16.7. The summed E-state index contributed by atoms with van der Waals surface area (Å²) < 4.78 is 16.2. The van der Waals surface area contributed by atoms with E-state index in [0.717, 1.165) is 38.3 Å². The van der Waals surface area contributed by atoms with Gasteiger partial charge >= 0.3 is 0 Å². The summed E-state index contributed by atoms with van der Waals surface area (Å²) in [4.78, 5) is 2.20. The van der Waals surface area contributed by atoms with E-state index in [1.807, 2.05) is 12.1 Å². The summed E-state index contributed by atoms with van der Waals surface area (Å²) in [6.45, 7) is 2.55. The predicted molar refractivity (Wildman–Crippen MR) is 71.2 cm³/mol. The Morgan fingerprint density at radius 2 is 1.89 bits per heavy atom. The zero-order valence-electron chi connectivity index (χ0n) is 11.1. The van der Waals surface area contributed by atoms with Crippen LogP contribution in [0.1, 0.15) is 12.8 Å². The van der Waals surface area contributed by atoms with E-state index in [1.165, 1.54) is 5.69 Å². The molecule has 4 nitrogen and oxygen atoms in total. The van der Waals surface area contributed by atoms with Crippen LogP contribution >= 0.6 is 0 Å². The number of hydrogen-bond acceptors (Lipinski definition) is 4. The molecule has 0 radical (unpaired) electrons. The van der Waals surface area contributed by atoms with Crippen molar-refractivity contribution in [3.8, 4) is 5.75 Å². The van der Waals surface area contributed by atoms with E-state index >= 15 is 0 Å². The van der Waals surface area contributed by atoms with Crippen LogP contribution in [0, 0.1) is 0 Å². The van der Waals surface area contributed by atoms with Crippen LogP contribution in [0.5, 0.6) is 5.75 Å². The minimum Gasteiger partial charge on any atom is -0.497 e. The van der Waals surface area contributed by atoms with Gasteiger partial charge in [0.15, 0.2) is 6.29 Å². The van der Waals surface area contributed by atoms with E-state index in [9.17, 15) is 0 Å². The van der Waals surface area contributed by atoms with E-state index in [-0.39, 0.29) is 6.29 Å². The van der Waals surface area contributed by atoms with E-state index in [2.05, 4.69) is 24.1 Å². The lowest BCUT2D eigenvalue weighted by molar-refractivity contribution is -0.179. The van der Waals surface area contributed by atoms with Crippen LogP contribution in [-0.4, -0.2) is 40.2 Å². The molecule has 0 spiro atoms. The van der Waals surface area contributed by atoms with Crippen molar-refractivity contribution >= 4 is 5.69 Å². The minimum absolute atomic E-state index is 0.0422. The maximum atomic E-state index is 5.53. The largest absolute Gasteiger partial charge is 0.497 e. The molecule has 1 aromatic carbocycles. The first-order valence-electron chi connectivity index (χ1n) is 6.38. The summed E-state index contributed by atoms with van der Waals surface area (Å²) in [5.74, 6) is 0.881. The molecule has 0 saturated carbocycles. The predicted octanol–water partition coefficient (Wildman–Crippen LogP) is 2.28. The Hall–Kier alpha value is -1.26. The van der Waals surface area contributed by atoms with Gasteiger partial charge in [0, 0.05) is 25.7 Å². The van der Waals surface area contributed by atoms with Crippen LogP contribution in [0.3, 0.4) is 0 Å². The SMILES string of the molecule is COc1ccc(N(C)CCC2OCCCO2)cc1. The van der Waals surface area contributed by atoms with Crippen LogP contribution in [0.4, 0.5) is 5.69 Å². The average molecular weight is 251 g/mol. The molecule has 0 aromatic heterocycles. The zero-order chi connectivity index (χ0) is 12.8. The normalized spacial score (nSPS) is 16.6. The van der Waals surface area contributed by atoms with E-state index in [0.29, 0.717) is 0 Å². The third kappa shape index (κ3) is 3.62. The fraction of sp³-hybridized carbons (Fsp3) is 0.571. The van der Waals surface area contributed by atoms with Crippen LogP contribution in [0.15, 0.2) is 24.3 Å². The Kier molecular flexibility index (Phi) is 4.84. The summed E-state index contributed by atoms with van der Waals surface area (Å²) in [7, 11) is 3.75. The molecule has 1 aliphatic rings. The standard InChI is InChI=1S/C14H21NO3/c1-15(9-8-14-17-10-3-11-18-14)12-4-6-13(16-2)7-5-12/h4-7,14H,3,8-11H2,1-2H3. The molecule has 0 bridgehead atoms. The van der Waals surface area contributed by atoms with Crippen molar-refractivity contribution in [3.05, 3.63) is 24.3 Å². The van der Waals surface area contributed by atoms with E-state index < -0.39 is 0 Å². The topological polar surface area (TPSA) is 30.9 Å². The fourth-order valence-electron chi connectivity index (χ4n) is 1.97. The van der Waals surface area contributed by atoms with Crippen LogP contribution < -0.4 is 9.64 Å². The van der Waals surface area contributed by atoms with Crippen LogP contribution in [0.2, 0.25) is 0 Å². The summed E-state index contributed by atoms with van der Waals surface area (Å²) in [5, 5.41) is 0. The first-order valence-corrected chi connectivity index (χ1v) is 6.38. The lowest BCUT2D eigenvalue weighted by Crippen LogP contribution is -2.29. The number of ether oxygens (including phenoxy) is 3. The third-order valence-corrected chi connectivity index (χ3v) is 3.11. The van der Waals surface area contributed by atoms with Gasteiger partial charge in [0.2, 0.25) is 0 Å². The lowest BCUT2D eigenvalue weighted by atomic mass is 10.2. The second kappa shape index (κ2) is 6.61. The van der Waals surface area contributed by atoms with Gasteiger partial charge in [0.25, 0.3) is 0 Å². The molecule has 4 heteroatoms. The van der Waals surface area contributed by atoms with Crippen molar-refractivity contribution in [2.45, 2.75) is 19.1 Å². The number of anilines is 1. The van der Waals surface area contributed by atoms with E-state index in [4.69, 9.17) is 14.2 Å². The molecular formula is C14H21NO3. The molecule has 0 atom stereocenters. The summed E-state index contributed by atoms with van der Waals surface area (Å²) >= 11 is 0. The van der Waals surface area contributed by atoms with E-state index in [1.54, 1.807) is 7.11 Å². The van der Waals surface area contributed by atoms with Crippen molar-refractivity contribution in [1.82, 2.24) is 0 Å². The van der Waals surface area contributed by atoms with Gasteiger partial charge in [-0.2, -0.15) is 0 Å². The molecule has 2 rings (SSSR count). The second-order valence-corrected chi connectivity index (χ2v) is 4.43. The maximum absolute atomic E-state index is 5.53. The maximum Gasteiger partial charge on any atom is 0.159 e. The van der Waals surface area contributed by atoms with Crippen molar-refractivity contribution in [3.63, 3.8) is 0 Å². The van der Waals surface area contributed by atoms with Crippen molar-refractivity contribution in [2.24, 2.45) is 0 Å². The highest BCUT2D eigenvalue weighted by molar-refractivity contribution is 5.48. The number of nitrogens with zero attached hydrogens (tertiary/aromatic N) is 1. The lowest BCUT2D eigenvalue weighted by Gasteiger charge is -2.26. The number of rotatable bonds is 5. The first kappa shape index (κ1) is 13.2. The Balaban J connectivity index is 1.80. The van der Waals surface area contributed by atoms with Crippen LogP contribution in [0.25, 0.3) is 0 Å². The summed E-state index contributed by atoms with van der Waals surface area (Å²) in [6, 6.07) is 8.06. The molecule has 0 aliphatic carbocycles. The zero-order valence-corrected chi connectivity index (χ0v) is 11.1. The fourth-order valence-corrected chi connectivity index (χ4v) is 1.97. The molecule has 0 unspecified atom stereocenters. The van der Waals surface area contributed by atoms with Crippen molar-refractivity contribution in [1.29, 1.82) is 0 Å². The number of hydrogen-bond donors (Lipinski definition) is 0.